The highest BCUT2D eigenvalue weighted by atomic mass is 16.5. The molecule has 2 N–H and O–H groups in total. The van der Waals surface area contributed by atoms with Gasteiger partial charge in [0.2, 0.25) is 0 Å². The third-order valence-electron chi connectivity index (χ3n) is 2.79. The van der Waals surface area contributed by atoms with E-state index in [4.69, 9.17) is 10.5 Å². The molecule has 0 aliphatic carbocycles. The van der Waals surface area contributed by atoms with E-state index in [1.54, 1.807) is 7.11 Å². The van der Waals surface area contributed by atoms with Crippen molar-refractivity contribution in [1.82, 2.24) is 14.8 Å². The van der Waals surface area contributed by atoms with Gasteiger partial charge in [0.25, 0.3) is 0 Å². The minimum absolute atomic E-state index is 0.575. The van der Waals surface area contributed by atoms with Crippen LogP contribution in [0.25, 0.3) is 0 Å². The van der Waals surface area contributed by atoms with E-state index in [2.05, 4.69) is 10.1 Å². The lowest BCUT2D eigenvalue weighted by atomic mass is 10.1. The lowest BCUT2D eigenvalue weighted by Crippen LogP contribution is -2.04. The van der Waals surface area contributed by atoms with Crippen LogP contribution >= 0.6 is 0 Å². The molecule has 5 heteroatoms. The number of hydrogen-bond acceptors (Lipinski definition) is 4. The SMILES string of the molecule is COc1ccc(Cc2nc(CCN)nn2C)cc1. The van der Waals surface area contributed by atoms with E-state index in [1.807, 2.05) is 36.0 Å². The number of aromatic nitrogens is 3. The van der Waals surface area contributed by atoms with Gasteiger partial charge in [0.15, 0.2) is 5.82 Å². The van der Waals surface area contributed by atoms with Crippen molar-refractivity contribution in [3.63, 3.8) is 0 Å². The van der Waals surface area contributed by atoms with Crippen molar-refractivity contribution in [3.8, 4) is 5.75 Å². The van der Waals surface area contributed by atoms with Crippen LogP contribution in [0.2, 0.25) is 0 Å². The Balaban J connectivity index is 2.12. The molecule has 0 saturated carbocycles. The van der Waals surface area contributed by atoms with Crippen molar-refractivity contribution in [1.29, 1.82) is 0 Å². The lowest BCUT2D eigenvalue weighted by molar-refractivity contribution is 0.414. The maximum Gasteiger partial charge on any atom is 0.152 e. The van der Waals surface area contributed by atoms with Crippen molar-refractivity contribution in [2.75, 3.05) is 13.7 Å². The summed E-state index contributed by atoms with van der Waals surface area (Å²) in [6.07, 6.45) is 1.48. The standard InChI is InChI=1S/C13H18N4O/c1-17-13(15-12(16-17)7-8-14)9-10-3-5-11(18-2)6-4-10/h3-6H,7-9,14H2,1-2H3. The predicted octanol–water partition coefficient (Wildman–Crippen LogP) is 0.916. The summed E-state index contributed by atoms with van der Waals surface area (Å²) in [5, 5.41) is 4.33. The Morgan fingerprint density at radius 2 is 2.00 bits per heavy atom. The maximum absolute atomic E-state index is 5.50. The molecule has 1 aromatic heterocycles. The molecular weight excluding hydrogens is 228 g/mol. The zero-order valence-corrected chi connectivity index (χ0v) is 10.8. The van der Waals surface area contributed by atoms with Crippen molar-refractivity contribution in [3.05, 3.63) is 41.5 Å². The molecule has 5 nitrogen and oxygen atoms in total. The Morgan fingerprint density at radius 3 is 2.61 bits per heavy atom. The second-order valence-corrected chi connectivity index (χ2v) is 4.13. The Kier molecular flexibility index (Phi) is 3.94. The molecule has 18 heavy (non-hydrogen) atoms. The fraction of sp³-hybridized carbons (Fsp3) is 0.385. The van der Waals surface area contributed by atoms with Gasteiger partial charge in [-0.1, -0.05) is 12.1 Å². The summed E-state index contributed by atoms with van der Waals surface area (Å²) < 4.78 is 6.95. The number of aryl methyl sites for hydroxylation is 1. The van der Waals surface area contributed by atoms with E-state index in [0.717, 1.165) is 30.2 Å². The zero-order valence-electron chi connectivity index (χ0n) is 10.8. The van der Waals surface area contributed by atoms with Gasteiger partial charge in [0, 0.05) is 19.9 Å². The molecule has 1 aromatic carbocycles. The summed E-state index contributed by atoms with van der Waals surface area (Å²) in [5.74, 6) is 2.62. The second kappa shape index (κ2) is 5.64. The van der Waals surface area contributed by atoms with Crippen LogP contribution in [-0.2, 0) is 19.9 Å². The molecule has 96 valence electrons. The Morgan fingerprint density at radius 1 is 1.28 bits per heavy atom. The molecule has 0 bridgehead atoms. The quantitative estimate of drug-likeness (QED) is 0.851. The second-order valence-electron chi connectivity index (χ2n) is 4.13. The summed E-state index contributed by atoms with van der Waals surface area (Å²) in [6.45, 7) is 0.575. The number of rotatable bonds is 5. The van der Waals surface area contributed by atoms with E-state index in [-0.39, 0.29) is 0 Å². The average molecular weight is 246 g/mol. The molecule has 0 radical (unpaired) electrons. The molecular formula is C13H18N4O. The van der Waals surface area contributed by atoms with Gasteiger partial charge in [-0.2, -0.15) is 5.10 Å². The first-order chi connectivity index (χ1) is 8.72. The minimum atomic E-state index is 0.575. The predicted molar refractivity (Wildman–Crippen MR) is 69.6 cm³/mol. The lowest BCUT2D eigenvalue weighted by Gasteiger charge is -2.02. The summed E-state index contributed by atoms with van der Waals surface area (Å²) in [5.41, 5.74) is 6.69. The Bertz CT molecular complexity index is 504. The van der Waals surface area contributed by atoms with Crippen molar-refractivity contribution < 1.29 is 4.74 Å². The van der Waals surface area contributed by atoms with Gasteiger partial charge in [0.05, 0.1) is 7.11 Å². The smallest absolute Gasteiger partial charge is 0.152 e. The van der Waals surface area contributed by atoms with E-state index in [9.17, 15) is 0 Å². The van der Waals surface area contributed by atoms with E-state index < -0.39 is 0 Å². The Hall–Kier alpha value is -1.88. The monoisotopic (exact) mass is 246 g/mol. The highest BCUT2D eigenvalue weighted by molar-refractivity contribution is 5.28. The first-order valence-electron chi connectivity index (χ1n) is 5.94. The number of methoxy groups -OCH3 is 1. The fourth-order valence-electron chi connectivity index (χ4n) is 1.79. The number of benzene rings is 1. The van der Waals surface area contributed by atoms with Gasteiger partial charge >= 0.3 is 0 Å². The zero-order chi connectivity index (χ0) is 13.0. The molecule has 2 aromatic rings. The van der Waals surface area contributed by atoms with Gasteiger partial charge in [-0.15, -0.1) is 0 Å². The molecule has 0 atom stereocenters. The van der Waals surface area contributed by atoms with Gasteiger partial charge in [0.1, 0.15) is 11.6 Å². The molecule has 0 aliphatic heterocycles. The molecule has 1 heterocycles. The highest BCUT2D eigenvalue weighted by Crippen LogP contribution is 2.14. The number of nitrogens with zero attached hydrogens (tertiary/aromatic N) is 3. The van der Waals surface area contributed by atoms with Crippen molar-refractivity contribution >= 4 is 0 Å². The number of hydrogen-bond donors (Lipinski definition) is 1. The van der Waals surface area contributed by atoms with Crippen LogP contribution < -0.4 is 10.5 Å². The van der Waals surface area contributed by atoms with Crippen molar-refractivity contribution in [2.24, 2.45) is 12.8 Å². The molecule has 0 fully saturated rings. The first kappa shape index (κ1) is 12.6. The van der Waals surface area contributed by atoms with Gasteiger partial charge in [-0.25, -0.2) is 4.98 Å². The van der Waals surface area contributed by atoms with Crippen LogP contribution in [0.5, 0.6) is 5.75 Å². The number of nitrogens with two attached hydrogens (primary N) is 1. The molecule has 2 rings (SSSR count). The molecule has 0 amide bonds. The summed E-state index contributed by atoms with van der Waals surface area (Å²) in [7, 11) is 3.57. The van der Waals surface area contributed by atoms with Gasteiger partial charge in [-0.3, -0.25) is 4.68 Å². The van der Waals surface area contributed by atoms with Crippen LogP contribution in [0.15, 0.2) is 24.3 Å². The Labute approximate surface area is 107 Å². The number of ether oxygens (including phenoxy) is 1. The van der Waals surface area contributed by atoms with E-state index in [0.29, 0.717) is 6.54 Å². The van der Waals surface area contributed by atoms with Crippen LogP contribution in [-0.4, -0.2) is 28.4 Å². The van der Waals surface area contributed by atoms with Crippen LogP contribution in [0.3, 0.4) is 0 Å². The summed E-state index contributed by atoms with van der Waals surface area (Å²) in [6, 6.07) is 7.98. The highest BCUT2D eigenvalue weighted by Gasteiger charge is 2.07. The maximum atomic E-state index is 5.50. The van der Waals surface area contributed by atoms with Crippen LogP contribution in [0, 0.1) is 0 Å². The molecule has 0 spiro atoms. The van der Waals surface area contributed by atoms with E-state index >= 15 is 0 Å². The molecule has 0 aliphatic rings. The van der Waals surface area contributed by atoms with Crippen molar-refractivity contribution in [2.45, 2.75) is 12.8 Å². The average Bonchev–Trinajstić information content (AvgIpc) is 2.71. The minimum Gasteiger partial charge on any atom is -0.497 e. The third-order valence-corrected chi connectivity index (χ3v) is 2.79. The summed E-state index contributed by atoms with van der Waals surface area (Å²) >= 11 is 0. The van der Waals surface area contributed by atoms with Gasteiger partial charge < -0.3 is 10.5 Å². The largest absolute Gasteiger partial charge is 0.497 e. The normalized spacial score (nSPS) is 10.6. The third kappa shape index (κ3) is 2.87. The fourth-order valence-corrected chi connectivity index (χ4v) is 1.79. The van der Waals surface area contributed by atoms with E-state index in [1.165, 1.54) is 5.56 Å². The topological polar surface area (TPSA) is 66.0 Å². The molecule has 0 unspecified atom stereocenters. The first-order valence-corrected chi connectivity index (χ1v) is 5.94. The molecule has 0 saturated heterocycles. The summed E-state index contributed by atoms with van der Waals surface area (Å²) in [4.78, 5) is 4.48. The van der Waals surface area contributed by atoms with Crippen LogP contribution in [0.4, 0.5) is 0 Å². The van der Waals surface area contributed by atoms with Gasteiger partial charge in [-0.05, 0) is 24.2 Å². The van der Waals surface area contributed by atoms with Crippen LogP contribution in [0.1, 0.15) is 17.2 Å².